The van der Waals surface area contributed by atoms with E-state index in [2.05, 4.69) is 15.0 Å². The first-order valence-electron chi connectivity index (χ1n) is 5.02. The lowest BCUT2D eigenvalue weighted by atomic mass is 10.1. The molecule has 17 heavy (non-hydrogen) atoms. The van der Waals surface area contributed by atoms with Crippen LogP contribution in [0.15, 0.2) is 33.9 Å². The van der Waals surface area contributed by atoms with Gasteiger partial charge in [0.15, 0.2) is 0 Å². The summed E-state index contributed by atoms with van der Waals surface area (Å²) in [4.78, 5) is 20.5. The van der Waals surface area contributed by atoms with Gasteiger partial charge in [0.2, 0.25) is 0 Å². The van der Waals surface area contributed by atoms with Gasteiger partial charge in [-0.3, -0.25) is 0 Å². The summed E-state index contributed by atoms with van der Waals surface area (Å²) in [5, 5.41) is 11.9. The van der Waals surface area contributed by atoms with Crippen LogP contribution < -0.4 is 5.69 Å². The summed E-state index contributed by atoms with van der Waals surface area (Å²) < 4.78 is 0. The minimum atomic E-state index is -0.760. The molecule has 0 saturated carbocycles. The van der Waals surface area contributed by atoms with Crippen LogP contribution in [0.1, 0.15) is 17.4 Å². The minimum absolute atomic E-state index is 0.250. The Bertz CT molecular complexity index is 699. The fourth-order valence-corrected chi connectivity index (χ4v) is 2.32. The molecule has 0 spiro atoms. The number of aliphatic hydroxyl groups excluding tert-OH is 1. The van der Waals surface area contributed by atoms with E-state index < -0.39 is 6.10 Å². The number of thiazole rings is 1. The maximum Gasteiger partial charge on any atom is 0.323 e. The molecule has 0 aliphatic carbocycles. The van der Waals surface area contributed by atoms with Crippen molar-refractivity contribution in [3.8, 4) is 0 Å². The molecule has 2 heterocycles. The van der Waals surface area contributed by atoms with Gasteiger partial charge >= 0.3 is 5.69 Å². The van der Waals surface area contributed by atoms with E-state index in [1.165, 1.54) is 11.3 Å². The van der Waals surface area contributed by atoms with Crippen LogP contribution in [0.4, 0.5) is 0 Å². The van der Waals surface area contributed by atoms with Gasteiger partial charge in [-0.2, -0.15) is 0 Å². The number of imidazole rings is 1. The highest BCUT2D eigenvalue weighted by Gasteiger charge is 2.13. The second kappa shape index (κ2) is 3.83. The smallest absolute Gasteiger partial charge is 0.323 e. The molecule has 0 saturated heterocycles. The number of hydrogen-bond acceptors (Lipinski definition) is 4. The molecule has 5 nitrogen and oxygen atoms in total. The Balaban J connectivity index is 2.08. The van der Waals surface area contributed by atoms with Crippen LogP contribution in [-0.4, -0.2) is 20.1 Å². The fraction of sp³-hybridized carbons (Fsp3) is 0.0909. The Morgan fingerprint density at radius 1 is 1.29 bits per heavy atom. The molecule has 2 aromatic heterocycles. The zero-order chi connectivity index (χ0) is 11.8. The molecule has 0 fully saturated rings. The van der Waals surface area contributed by atoms with E-state index in [1.807, 2.05) is 0 Å². The summed E-state index contributed by atoms with van der Waals surface area (Å²) in [6.45, 7) is 0. The molecule has 6 heteroatoms. The predicted molar refractivity (Wildman–Crippen MR) is 65.1 cm³/mol. The highest BCUT2D eigenvalue weighted by Crippen LogP contribution is 2.23. The molecule has 3 N–H and O–H groups in total. The normalized spacial score (nSPS) is 13.0. The van der Waals surface area contributed by atoms with Crippen molar-refractivity contribution in [2.24, 2.45) is 0 Å². The van der Waals surface area contributed by atoms with Crippen molar-refractivity contribution < 1.29 is 5.11 Å². The molecule has 0 aliphatic heterocycles. The SMILES string of the molecule is O=c1[nH]c2ccc(C(O)c3cscn3)cc2[nH]1. The van der Waals surface area contributed by atoms with Gasteiger partial charge in [0.25, 0.3) is 0 Å². The Morgan fingerprint density at radius 3 is 2.88 bits per heavy atom. The van der Waals surface area contributed by atoms with Gasteiger partial charge < -0.3 is 15.1 Å². The number of hydrogen-bond donors (Lipinski definition) is 3. The third-order valence-corrected chi connectivity index (χ3v) is 3.19. The van der Waals surface area contributed by atoms with Crippen molar-refractivity contribution in [2.45, 2.75) is 6.10 Å². The Morgan fingerprint density at radius 2 is 2.12 bits per heavy atom. The van der Waals surface area contributed by atoms with Crippen LogP contribution in [0.5, 0.6) is 0 Å². The third-order valence-electron chi connectivity index (χ3n) is 2.59. The summed E-state index contributed by atoms with van der Waals surface area (Å²) >= 11 is 1.44. The number of aromatic amines is 2. The van der Waals surface area contributed by atoms with Gasteiger partial charge in [0, 0.05) is 5.38 Å². The van der Waals surface area contributed by atoms with Gasteiger partial charge in [0.05, 0.1) is 22.2 Å². The number of nitrogens with zero attached hydrogens (tertiary/aromatic N) is 1. The number of aromatic nitrogens is 3. The van der Waals surface area contributed by atoms with Gasteiger partial charge in [-0.05, 0) is 17.7 Å². The van der Waals surface area contributed by atoms with Crippen LogP contribution in [-0.2, 0) is 0 Å². The fourth-order valence-electron chi connectivity index (χ4n) is 1.75. The molecular formula is C11H9N3O2S. The summed E-state index contributed by atoms with van der Waals surface area (Å²) in [6, 6.07) is 5.28. The average Bonchev–Trinajstić information content (AvgIpc) is 2.94. The minimum Gasteiger partial charge on any atom is -0.382 e. The molecular weight excluding hydrogens is 238 g/mol. The molecule has 0 bridgehead atoms. The predicted octanol–water partition coefficient (Wildman–Crippen LogP) is 1.39. The van der Waals surface area contributed by atoms with Gasteiger partial charge in [-0.25, -0.2) is 9.78 Å². The lowest BCUT2D eigenvalue weighted by Crippen LogP contribution is -2.00. The highest BCUT2D eigenvalue weighted by atomic mass is 32.1. The molecule has 86 valence electrons. The Hall–Kier alpha value is -1.92. The quantitative estimate of drug-likeness (QED) is 0.640. The first-order chi connectivity index (χ1) is 8.24. The molecule has 3 aromatic rings. The Kier molecular flexibility index (Phi) is 2.31. The number of H-pyrrole nitrogens is 2. The monoisotopic (exact) mass is 247 g/mol. The van der Waals surface area contributed by atoms with Gasteiger partial charge in [-0.15, -0.1) is 11.3 Å². The van der Waals surface area contributed by atoms with Crippen molar-refractivity contribution in [1.29, 1.82) is 0 Å². The highest BCUT2D eigenvalue weighted by molar-refractivity contribution is 7.07. The van der Waals surface area contributed by atoms with E-state index in [0.29, 0.717) is 16.8 Å². The van der Waals surface area contributed by atoms with E-state index >= 15 is 0 Å². The molecule has 0 aliphatic rings. The topological polar surface area (TPSA) is 81.8 Å². The molecule has 0 amide bonds. The van der Waals surface area contributed by atoms with Gasteiger partial charge in [-0.1, -0.05) is 6.07 Å². The van der Waals surface area contributed by atoms with E-state index in [4.69, 9.17) is 0 Å². The lowest BCUT2D eigenvalue weighted by molar-refractivity contribution is 0.216. The van der Waals surface area contributed by atoms with Crippen molar-refractivity contribution in [2.75, 3.05) is 0 Å². The number of nitrogens with one attached hydrogen (secondary N) is 2. The van der Waals surface area contributed by atoms with E-state index in [-0.39, 0.29) is 5.69 Å². The lowest BCUT2D eigenvalue weighted by Gasteiger charge is -2.07. The zero-order valence-electron chi connectivity index (χ0n) is 8.68. The van der Waals surface area contributed by atoms with Crippen molar-refractivity contribution in [3.63, 3.8) is 0 Å². The van der Waals surface area contributed by atoms with Crippen LogP contribution in [0.3, 0.4) is 0 Å². The molecule has 3 rings (SSSR count). The van der Waals surface area contributed by atoms with E-state index in [9.17, 15) is 9.90 Å². The van der Waals surface area contributed by atoms with Crippen LogP contribution in [0.25, 0.3) is 11.0 Å². The third kappa shape index (κ3) is 1.77. The zero-order valence-corrected chi connectivity index (χ0v) is 9.49. The van der Waals surface area contributed by atoms with Crippen molar-refractivity contribution in [3.05, 3.63) is 50.8 Å². The number of fused-ring (bicyclic) bond motifs is 1. The van der Waals surface area contributed by atoms with Gasteiger partial charge in [0.1, 0.15) is 6.10 Å². The summed E-state index contributed by atoms with van der Waals surface area (Å²) in [6.07, 6.45) is -0.760. The molecule has 1 unspecified atom stereocenters. The molecule has 0 radical (unpaired) electrons. The second-order valence-corrected chi connectivity index (χ2v) is 4.42. The molecule has 1 atom stereocenters. The second-order valence-electron chi connectivity index (χ2n) is 3.70. The van der Waals surface area contributed by atoms with Crippen molar-refractivity contribution >= 4 is 22.4 Å². The average molecular weight is 247 g/mol. The maximum atomic E-state index is 11.1. The number of benzene rings is 1. The van der Waals surface area contributed by atoms with Crippen LogP contribution in [0, 0.1) is 0 Å². The number of rotatable bonds is 2. The van der Waals surface area contributed by atoms with E-state index in [1.54, 1.807) is 29.1 Å². The van der Waals surface area contributed by atoms with Crippen LogP contribution >= 0.6 is 11.3 Å². The Labute approximate surface area is 99.8 Å². The molecule has 1 aromatic carbocycles. The summed E-state index contributed by atoms with van der Waals surface area (Å²) in [5.74, 6) is 0. The largest absolute Gasteiger partial charge is 0.382 e. The maximum absolute atomic E-state index is 11.1. The first kappa shape index (κ1) is 10.2. The standard InChI is InChI=1S/C11H9N3O2S/c15-10(9-4-17-5-12-9)6-1-2-7-8(3-6)14-11(16)13-7/h1-5,10,15H,(H2,13,14,16). The summed E-state index contributed by atoms with van der Waals surface area (Å²) in [5.41, 5.74) is 4.16. The number of aliphatic hydroxyl groups is 1. The van der Waals surface area contributed by atoms with Crippen molar-refractivity contribution in [1.82, 2.24) is 15.0 Å². The van der Waals surface area contributed by atoms with Crippen LogP contribution in [0.2, 0.25) is 0 Å². The van der Waals surface area contributed by atoms with E-state index in [0.717, 1.165) is 5.52 Å². The summed E-state index contributed by atoms with van der Waals surface area (Å²) in [7, 11) is 0. The first-order valence-corrected chi connectivity index (χ1v) is 5.96.